The zero-order chi connectivity index (χ0) is 13.3. The van der Waals surface area contributed by atoms with Crippen LogP contribution in [0.25, 0.3) is 0 Å². The summed E-state index contributed by atoms with van der Waals surface area (Å²) in [4.78, 5) is 12.6. The monoisotopic (exact) mass is 263 g/mol. The second kappa shape index (κ2) is 5.14. The number of aliphatic hydroxyl groups is 1. The first kappa shape index (κ1) is 14.8. The zero-order valence-electron chi connectivity index (χ0n) is 10.7. The van der Waals surface area contributed by atoms with Gasteiger partial charge >= 0.3 is 0 Å². The van der Waals surface area contributed by atoms with Crippen LogP contribution in [-0.2, 0) is 14.3 Å². The number of carbonyl (C=O) groups is 1. The fourth-order valence-electron chi connectivity index (χ4n) is 1.86. The molecule has 1 fully saturated rings. The highest BCUT2D eigenvalue weighted by atomic mass is 32.1. The average molecular weight is 263 g/mol. The van der Waals surface area contributed by atoms with Gasteiger partial charge in [-0.25, -0.2) is 0 Å². The van der Waals surface area contributed by atoms with Crippen LogP contribution in [0.1, 0.15) is 27.7 Å². The maximum absolute atomic E-state index is 11.1. The van der Waals surface area contributed by atoms with E-state index in [4.69, 9.17) is 9.47 Å². The fourth-order valence-corrected chi connectivity index (χ4v) is 2.02. The molecular weight excluding hydrogens is 242 g/mol. The minimum absolute atomic E-state index is 0.189. The third-order valence-corrected chi connectivity index (χ3v) is 2.51. The lowest BCUT2D eigenvalue weighted by Gasteiger charge is -2.32. The molecule has 0 unspecified atom stereocenters. The molecule has 2 atom stereocenters. The molecule has 0 aliphatic carbocycles. The van der Waals surface area contributed by atoms with Crippen molar-refractivity contribution in [3.63, 3.8) is 0 Å². The second-order valence-corrected chi connectivity index (χ2v) is 6.55. The highest BCUT2D eigenvalue weighted by Crippen LogP contribution is 2.30. The van der Waals surface area contributed by atoms with Gasteiger partial charge in [0.1, 0.15) is 6.10 Å². The van der Waals surface area contributed by atoms with E-state index in [9.17, 15) is 9.90 Å². The second-order valence-electron chi connectivity index (χ2n) is 5.34. The van der Waals surface area contributed by atoms with Crippen LogP contribution < -0.4 is 0 Å². The predicted octanol–water partition coefficient (Wildman–Crippen LogP) is 0.623. The lowest BCUT2D eigenvalue weighted by atomic mass is 10.2. The number of ether oxygens (including phenoxy) is 2. The molecule has 1 amide bonds. The molecule has 1 N–H and O–H groups in total. The van der Waals surface area contributed by atoms with Crippen molar-refractivity contribution in [3.05, 3.63) is 0 Å². The van der Waals surface area contributed by atoms with Crippen LogP contribution in [0, 0.1) is 0 Å². The molecule has 0 aromatic heterocycles. The minimum Gasteiger partial charge on any atom is -0.393 e. The highest BCUT2D eigenvalue weighted by Gasteiger charge is 2.44. The summed E-state index contributed by atoms with van der Waals surface area (Å²) in [6.45, 7) is 7.55. The molecule has 0 bridgehead atoms. The van der Waals surface area contributed by atoms with Gasteiger partial charge in [0, 0.05) is 11.3 Å². The molecule has 100 valence electrons. The third-order valence-electron chi connectivity index (χ3n) is 2.37. The molecule has 0 radical (unpaired) electrons. The van der Waals surface area contributed by atoms with E-state index in [0.717, 1.165) is 0 Å². The molecule has 0 aromatic carbocycles. The van der Waals surface area contributed by atoms with Crippen molar-refractivity contribution in [2.24, 2.45) is 0 Å². The highest BCUT2D eigenvalue weighted by molar-refractivity contribution is 7.81. The van der Waals surface area contributed by atoms with Crippen LogP contribution in [0.4, 0.5) is 0 Å². The van der Waals surface area contributed by atoms with Crippen molar-refractivity contribution in [2.45, 2.75) is 50.6 Å². The molecule has 0 aromatic rings. The van der Waals surface area contributed by atoms with Gasteiger partial charge in [0.25, 0.3) is 0 Å². The summed E-state index contributed by atoms with van der Waals surface area (Å²) in [7, 11) is 0. The maximum atomic E-state index is 11.1. The first-order valence-electron chi connectivity index (χ1n) is 5.58. The number of aliphatic hydroxyl groups excluding tert-OH is 1. The van der Waals surface area contributed by atoms with Crippen molar-refractivity contribution in [1.29, 1.82) is 0 Å². The standard InChI is InChI=1S/C11H21NO4S/c1-10(2,17)6-12(7-14)9-8(5-13)15-11(3,4)16-9/h7-9,13,17H,5-6H2,1-4H3/t8-,9-/m1/s1. The molecule has 1 aliphatic heterocycles. The predicted molar refractivity (Wildman–Crippen MR) is 66.7 cm³/mol. The molecule has 1 rings (SSSR count). The Morgan fingerprint density at radius 3 is 2.47 bits per heavy atom. The van der Waals surface area contributed by atoms with Crippen molar-refractivity contribution in [3.8, 4) is 0 Å². The van der Waals surface area contributed by atoms with Crippen LogP contribution in [0.3, 0.4) is 0 Å². The van der Waals surface area contributed by atoms with E-state index < -0.39 is 18.1 Å². The Labute approximate surface area is 107 Å². The van der Waals surface area contributed by atoms with Crippen molar-refractivity contribution >= 4 is 19.0 Å². The Hall–Kier alpha value is -0.300. The van der Waals surface area contributed by atoms with Crippen LogP contribution in [-0.4, -0.2) is 52.4 Å². The first-order chi connectivity index (χ1) is 7.68. The molecule has 1 aliphatic rings. The Morgan fingerprint density at radius 1 is 1.47 bits per heavy atom. The van der Waals surface area contributed by atoms with Gasteiger partial charge in [0.15, 0.2) is 12.0 Å². The van der Waals surface area contributed by atoms with Crippen LogP contribution >= 0.6 is 12.6 Å². The van der Waals surface area contributed by atoms with Gasteiger partial charge in [-0.3, -0.25) is 4.79 Å². The number of carbonyl (C=O) groups excluding carboxylic acids is 1. The molecule has 17 heavy (non-hydrogen) atoms. The van der Waals surface area contributed by atoms with Crippen LogP contribution in [0.5, 0.6) is 0 Å². The van der Waals surface area contributed by atoms with Gasteiger partial charge in [-0.15, -0.1) is 0 Å². The van der Waals surface area contributed by atoms with E-state index in [1.54, 1.807) is 13.8 Å². The lowest BCUT2D eigenvalue weighted by molar-refractivity contribution is -0.165. The normalized spacial score (nSPS) is 28.1. The quantitative estimate of drug-likeness (QED) is 0.564. The molecule has 0 spiro atoms. The molecular formula is C11H21NO4S. The van der Waals surface area contributed by atoms with Gasteiger partial charge in [-0.05, 0) is 27.7 Å². The SMILES string of the molecule is CC(C)(S)CN(C=O)[C@@H]1OC(C)(C)O[C@@H]1CO. The summed E-state index contributed by atoms with van der Waals surface area (Å²) >= 11 is 4.38. The lowest BCUT2D eigenvalue weighted by Crippen LogP contribution is -2.47. The summed E-state index contributed by atoms with van der Waals surface area (Å²) in [6.07, 6.45) is -0.388. The van der Waals surface area contributed by atoms with Crippen molar-refractivity contribution in [2.75, 3.05) is 13.2 Å². The van der Waals surface area contributed by atoms with Gasteiger partial charge in [-0.1, -0.05) is 0 Å². The van der Waals surface area contributed by atoms with Gasteiger partial charge in [-0.2, -0.15) is 12.6 Å². The molecule has 0 saturated carbocycles. The Balaban J connectivity index is 2.77. The van der Waals surface area contributed by atoms with Gasteiger partial charge in [0.2, 0.25) is 6.41 Å². The number of nitrogens with zero attached hydrogens (tertiary/aromatic N) is 1. The number of hydrogen-bond donors (Lipinski definition) is 2. The van der Waals surface area contributed by atoms with Gasteiger partial charge < -0.3 is 19.5 Å². The molecule has 5 nitrogen and oxygen atoms in total. The smallest absolute Gasteiger partial charge is 0.211 e. The fraction of sp³-hybridized carbons (Fsp3) is 0.909. The van der Waals surface area contributed by atoms with E-state index in [-0.39, 0.29) is 11.4 Å². The maximum Gasteiger partial charge on any atom is 0.211 e. The largest absolute Gasteiger partial charge is 0.393 e. The van der Waals surface area contributed by atoms with E-state index in [1.807, 2.05) is 13.8 Å². The van der Waals surface area contributed by atoms with Crippen LogP contribution in [0.15, 0.2) is 0 Å². The van der Waals surface area contributed by atoms with E-state index in [0.29, 0.717) is 13.0 Å². The molecule has 1 saturated heterocycles. The summed E-state index contributed by atoms with van der Waals surface area (Å²) in [5.41, 5.74) is 0. The van der Waals surface area contributed by atoms with E-state index in [2.05, 4.69) is 12.6 Å². The zero-order valence-corrected chi connectivity index (χ0v) is 11.6. The summed E-state index contributed by atoms with van der Waals surface area (Å²) < 4.78 is 10.8. The summed E-state index contributed by atoms with van der Waals surface area (Å²) in [5.74, 6) is -0.792. The van der Waals surface area contributed by atoms with Gasteiger partial charge in [0.05, 0.1) is 6.61 Å². The number of thiol groups is 1. The topological polar surface area (TPSA) is 59.0 Å². The number of hydrogen-bond acceptors (Lipinski definition) is 5. The van der Waals surface area contributed by atoms with E-state index in [1.165, 1.54) is 4.90 Å². The Morgan fingerprint density at radius 2 is 2.06 bits per heavy atom. The molecule has 1 heterocycles. The minimum atomic E-state index is -0.792. The number of amides is 1. The average Bonchev–Trinajstić information content (AvgIpc) is 2.48. The van der Waals surface area contributed by atoms with Crippen molar-refractivity contribution < 1.29 is 19.4 Å². The van der Waals surface area contributed by atoms with Crippen LogP contribution in [0.2, 0.25) is 0 Å². The summed E-state index contributed by atoms with van der Waals surface area (Å²) in [6, 6.07) is 0. The van der Waals surface area contributed by atoms with Crippen molar-refractivity contribution in [1.82, 2.24) is 4.90 Å². The third kappa shape index (κ3) is 4.13. The number of rotatable bonds is 5. The van der Waals surface area contributed by atoms with E-state index >= 15 is 0 Å². The first-order valence-corrected chi connectivity index (χ1v) is 6.03. The Bertz CT molecular complexity index is 277. The Kier molecular flexibility index (Phi) is 4.46. The summed E-state index contributed by atoms with van der Waals surface area (Å²) in [5, 5.41) is 9.24. The molecule has 6 heteroatoms.